The second-order valence-corrected chi connectivity index (χ2v) is 4.47. The van der Waals surface area contributed by atoms with Crippen LogP contribution in [0.1, 0.15) is 34.7 Å². The Hall–Kier alpha value is -2.74. The third kappa shape index (κ3) is 3.63. The summed E-state index contributed by atoms with van der Waals surface area (Å²) in [5.41, 5.74) is 0.957. The number of hydrogen-bond acceptors (Lipinski definition) is 4. The number of furan rings is 1. The SMILES string of the molecule is CCOc1ccc(CC(C#N)c2ccc(C(=O)O)o2)cc1. The van der Waals surface area contributed by atoms with Crippen LogP contribution in [-0.4, -0.2) is 17.7 Å². The smallest absolute Gasteiger partial charge is 0.371 e. The lowest BCUT2D eigenvalue weighted by molar-refractivity contribution is 0.0660. The molecule has 0 saturated heterocycles. The van der Waals surface area contributed by atoms with Gasteiger partial charge in [0, 0.05) is 0 Å². The van der Waals surface area contributed by atoms with Crippen LogP contribution in [0.3, 0.4) is 0 Å². The van der Waals surface area contributed by atoms with Crippen LogP contribution < -0.4 is 4.74 Å². The van der Waals surface area contributed by atoms with E-state index in [1.54, 1.807) is 0 Å². The monoisotopic (exact) mass is 285 g/mol. The zero-order chi connectivity index (χ0) is 15.2. The van der Waals surface area contributed by atoms with Gasteiger partial charge in [-0.15, -0.1) is 0 Å². The zero-order valence-electron chi connectivity index (χ0n) is 11.6. The summed E-state index contributed by atoms with van der Waals surface area (Å²) in [4.78, 5) is 10.8. The van der Waals surface area contributed by atoms with Crippen molar-refractivity contribution in [3.8, 4) is 11.8 Å². The lowest BCUT2D eigenvalue weighted by atomic mass is 9.98. The number of aromatic carboxylic acids is 1. The summed E-state index contributed by atoms with van der Waals surface area (Å²) in [7, 11) is 0. The Labute approximate surface area is 122 Å². The van der Waals surface area contributed by atoms with Crippen LogP contribution >= 0.6 is 0 Å². The van der Waals surface area contributed by atoms with E-state index in [2.05, 4.69) is 6.07 Å². The van der Waals surface area contributed by atoms with E-state index in [4.69, 9.17) is 14.3 Å². The van der Waals surface area contributed by atoms with E-state index in [9.17, 15) is 10.1 Å². The zero-order valence-corrected chi connectivity index (χ0v) is 11.6. The predicted octanol–water partition coefficient (Wildman–Crippen LogP) is 3.23. The second-order valence-electron chi connectivity index (χ2n) is 4.47. The molecule has 21 heavy (non-hydrogen) atoms. The van der Waals surface area contributed by atoms with E-state index in [0.29, 0.717) is 18.8 Å². The Morgan fingerprint density at radius 3 is 2.57 bits per heavy atom. The molecule has 0 spiro atoms. The number of hydrogen-bond donors (Lipinski definition) is 1. The number of benzene rings is 1. The highest BCUT2D eigenvalue weighted by molar-refractivity contribution is 5.84. The van der Waals surface area contributed by atoms with Crippen LogP contribution in [0, 0.1) is 11.3 Å². The van der Waals surface area contributed by atoms with Crippen molar-refractivity contribution in [3.63, 3.8) is 0 Å². The first kappa shape index (κ1) is 14.7. The third-order valence-electron chi connectivity index (χ3n) is 3.01. The van der Waals surface area contributed by atoms with Gasteiger partial charge < -0.3 is 14.3 Å². The van der Waals surface area contributed by atoms with E-state index >= 15 is 0 Å². The fourth-order valence-corrected chi connectivity index (χ4v) is 1.99. The van der Waals surface area contributed by atoms with Gasteiger partial charge in [-0.2, -0.15) is 5.26 Å². The van der Waals surface area contributed by atoms with E-state index in [1.165, 1.54) is 12.1 Å². The molecule has 2 aromatic rings. The molecule has 0 amide bonds. The van der Waals surface area contributed by atoms with Crippen LogP contribution in [0.25, 0.3) is 0 Å². The first-order valence-corrected chi connectivity index (χ1v) is 6.58. The standard InChI is InChI=1S/C16H15NO4/c1-2-20-13-5-3-11(4-6-13)9-12(10-17)14-7-8-15(21-14)16(18)19/h3-8,12H,2,9H2,1H3,(H,18,19). The number of nitriles is 1. The molecule has 0 aliphatic rings. The average Bonchev–Trinajstić information content (AvgIpc) is 2.96. The van der Waals surface area contributed by atoms with Crippen molar-refractivity contribution in [3.05, 3.63) is 53.5 Å². The number of nitrogens with zero attached hydrogens (tertiary/aromatic N) is 1. The first-order chi connectivity index (χ1) is 10.1. The van der Waals surface area contributed by atoms with Crippen molar-refractivity contribution in [2.75, 3.05) is 6.61 Å². The van der Waals surface area contributed by atoms with Crippen molar-refractivity contribution < 1.29 is 19.1 Å². The number of rotatable bonds is 6. The molecule has 1 atom stereocenters. The quantitative estimate of drug-likeness (QED) is 0.880. The topological polar surface area (TPSA) is 83.5 Å². The van der Waals surface area contributed by atoms with Crippen LogP contribution in [0.15, 0.2) is 40.8 Å². The van der Waals surface area contributed by atoms with Crippen LogP contribution in [0.5, 0.6) is 5.75 Å². The van der Waals surface area contributed by atoms with Gasteiger partial charge in [-0.25, -0.2) is 4.79 Å². The number of carboxylic acids is 1. The molecule has 2 rings (SSSR count). The number of carbonyl (C=O) groups is 1. The maximum atomic E-state index is 10.8. The molecule has 5 heteroatoms. The minimum atomic E-state index is -1.14. The minimum Gasteiger partial charge on any atom is -0.494 e. The van der Waals surface area contributed by atoms with Crippen LogP contribution in [-0.2, 0) is 6.42 Å². The number of ether oxygens (including phenoxy) is 1. The maximum Gasteiger partial charge on any atom is 0.371 e. The largest absolute Gasteiger partial charge is 0.494 e. The van der Waals surface area contributed by atoms with Crippen LogP contribution in [0.2, 0.25) is 0 Å². The highest BCUT2D eigenvalue weighted by Gasteiger charge is 2.18. The molecule has 1 N–H and O–H groups in total. The Morgan fingerprint density at radius 2 is 2.05 bits per heavy atom. The van der Waals surface area contributed by atoms with Gasteiger partial charge in [-0.3, -0.25) is 0 Å². The molecule has 1 heterocycles. The summed E-state index contributed by atoms with van der Waals surface area (Å²) in [5.74, 6) is -0.670. The van der Waals surface area contributed by atoms with Crippen molar-refractivity contribution >= 4 is 5.97 Å². The molecule has 1 unspecified atom stereocenters. The fourth-order valence-electron chi connectivity index (χ4n) is 1.99. The maximum absolute atomic E-state index is 10.8. The summed E-state index contributed by atoms with van der Waals surface area (Å²) in [6.07, 6.45) is 0.454. The second kappa shape index (κ2) is 6.62. The Balaban J connectivity index is 2.11. The van der Waals surface area contributed by atoms with Crippen molar-refractivity contribution in [2.24, 2.45) is 0 Å². The highest BCUT2D eigenvalue weighted by atomic mass is 16.5. The van der Waals surface area contributed by atoms with E-state index in [1.807, 2.05) is 31.2 Å². The van der Waals surface area contributed by atoms with E-state index in [-0.39, 0.29) is 5.76 Å². The molecule has 0 aliphatic carbocycles. The van der Waals surface area contributed by atoms with Crippen molar-refractivity contribution in [1.29, 1.82) is 5.26 Å². The first-order valence-electron chi connectivity index (χ1n) is 6.58. The summed E-state index contributed by atoms with van der Waals surface area (Å²) < 4.78 is 10.5. The van der Waals surface area contributed by atoms with Gasteiger partial charge >= 0.3 is 5.97 Å². The van der Waals surface area contributed by atoms with Gasteiger partial charge in [0.25, 0.3) is 0 Å². The van der Waals surface area contributed by atoms with Gasteiger partial charge in [0.05, 0.1) is 12.7 Å². The summed E-state index contributed by atoms with van der Waals surface area (Å²) in [6.45, 7) is 2.51. The van der Waals surface area contributed by atoms with Gasteiger partial charge in [0.2, 0.25) is 5.76 Å². The molecule has 0 aliphatic heterocycles. The molecular formula is C16H15NO4. The van der Waals surface area contributed by atoms with Crippen molar-refractivity contribution in [1.82, 2.24) is 0 Å². The van der Waals surface area contributed by atoms with Crippen molar-refractivity contribution in [2.45, 2.75) is 19.3 Å². The molecule has 0 fully saturated rings. The Morgan fingerprint density at radius 1 is 1.33 bits per heavy atom. The third-order valence-corrected chi connectivity index (χ3v) is 3.01. The average molecular weight is 285 g/mol. The molecule has 1 aromatic carbocycles. The lowest BCUT2D eigenvalue weighted by Crippen LogP contribution is -2.00. The summed E-state index contributed by atoms with van der Waals surface area (Å²) in [6, 6.07) is 12.5. The molecule has 0 radical (unpaired) electrons. The molecular weight excluding hydrogens is 270 g/mol. The Kier molecular flexibility index (Phi) is 4.62. The van der Waals surface area contributed by atoms with Gasteiger partial charge in [-0.05, 0) is 43.2 Å². The molecule has 0 saturated carbocycles. The lowest BCUT2D eigenvalue weighted by Gasteiger charge is -2.08. The van der Waals surface area contributed by atoms with E-state index in [0.717, 1.165) is 11.3 Å². The van der Waals surface area contributed by atoms with Gasteiger partial charge in [0.15, 0.2) is 0 Å². The minimum absolute atomic E-state index is 0.156. The predicted molar refractivity (Wildman–Crippen MR) is 75.3 cm³/mol. The van der Waals surface area contributed by atoms with E-state index < -0.39 is 11.9 Å². The highest BCUT2D eigenvalue weighted by Crippen LogP contribution is 2.24. The fraction of sp³-hybridized carbons (Fsp3) is 0.250. The summed E-state index contributed by atoms with van der Waals surface area (Å²) in [5, 5.41) is 18.1. The van der Waals surface area contributed by atoms with Crippen LogP contribution in [0.4, 0.5) is 0 Å². The molecule has 0 bridgehead atoms. The molecule has 108 valence electrons. The molecule has 1 aromatic heterocycles. The molecule has 5 nitrogen and oxygen atoms in total. The van der Waals surface area contributed by atoms with Gasteiger partial charge in [-0.1, -0.05) is 12.1 Å². The Bertz CT molecular complexity index is 652. The summed E-state index contributed by atoms with van der Waals surface area (Å²) >= 11 is 0. The van der Waals surface area contributed by atoms with Gasteiger partial charge in [0.1, 0.15) is 17.4 Å². The number of carboxylic acid groups (broad SMARTS) is 1. The normalized spacial score (nSPS) is 11.6.